The van der Waals surface area contributed by atoms with Crippen LogP contribution in [0.25, 0.3) is 0 Å². The zero-order chi connectivity index (χ0) is 19.0. The van der Waals surface area contributed by atoms with Crippen LogP contribution < -0.4 is 15.5 Å². The molecule has 1 aromatic heterocycles. The van der Waals surface area contributed by atoms with Crippen LogP contribution in [0.4, 0.5) is 5.82 Å². The molecule has 0 spiro atoms. The number of nitrogens with zero attached hydrogens (tertiary/aromatic N) is 4. The number of hydrogen-bond acceptors (Lipinski definition) is 4. The van der Waals surface area contributed by atoms with Crippen LogP contribution in [0.2, 0.25) is 0 Å². The van der Waals surface area contributed by atoms with Gasteiger partial charge in [0.05, 0.1) is 12.0 Å². The molecule has 0 atom stereocenters. The van der Waals surface area contributed by atoms with E-state index in [-0.39, 0.29) is 5.91 Å². The molecule has 0 unspecified atom stereocenters. The molecule has 1 amide bonds. The number of hydrogen-bond donors (Lipinski definition) is 2. The van der Waals surface area contributed by atoms with Crippen molar-refractivity contribution in [2.45, 2.75) is 27.7 Å². The highest BCUT2D eigenvalue weighted by Gasteiger charge is 2.28. The number of piperazine rings is 1. The molecule has 26 heavy (non-hydrogen) atoms. The van der Waals surface area contributed by atoms with Gasteiger partial charge in [0.1, 0.15) is 5.82 Å². The standard InChI is InChI=1S/C19H32N6O/c1-5-20-17(26)19(3,4)15-23-18(21-6-2)25-13-11-24(12-14-25)16-9-7-8-10-22-16/h7-10H,5-6,11-15H2,1-4H3,(H,20,26)(H,21,23). The van der Waals surface area contributed by atoms with Gasteiger partial charge in [-0.25, -0.2) is 4.98 Å². The molecule has 1 saturated heterocycles. The highest BCUT2D eigenvalue weighted by atomic mass is 16.2. The third-order valence-corrected chi connectivity index (χ3v) is 4.46. The van der Waals surface area contributed by atoms with Crippen LogP contribution in [0, 0.1) is 5.41 Å². The number of rotatable bonds is 6. The lowest BCUT2D eigenvalue weighted by Crippen LogP contribution is -2.53. The summed E-state index contributed by atoms with van der Waals surface area (Å²) in [6.45, 7) is 13.3. The Kier molecular flexibility index (Phi) is 7.24. The van der Waals surface area contributed by atoms with Crippen molar-refractivity contribution in [1.82, 2.24) is 20.5 Å². The summed E-state index contributed by atoms with van der Waals surface area (Å²) in [5.41, 5.74) is -0.521. The van der Waals surface area contributed by atoms with Crippen LogP contribution in [0.3, 0.4) is 0 Å². The van der Waals surface area contributed by atoms with E-state index >= 15 is 0 Å². The van der Waals surface area contributed by atoms with Crippen LogP contribution in [0.15, 0.2) is 29.4 Å². The second-order valence-electron chi connectivity index (χ2n) is 7.08. The maximum Gasteiger partial charge on any atom is 0.227 e. The number of carbonyl (C=O) groups excluding carboxylic acids is 1. The van der Waals surface area contributed by atoms with Crippen molar-refractivity contribution in [1.29, 1.82) is 0 Å². The van der Waals surface area contributed by atoms with Gasteiger partial charge in [-0.1, -0.05) is 6.07 Å². The molecule has 2 heterocycles. The van der Waals surface area contributed by atoms with Gasteiger partial charge in [0.2, 0.25) is 5.91 Å². The van der Waals surface area contributed by atoms with Crippen LogP contribution in [-0.4, -0.2) is 67.6 Å². The number of nitrogens with one attached hydrogen (secondary N) is 2. The van der Waals surface area contributed by atoms with Gasteiger partial charge in [0.25, 0.3) is 0 Å². The summed E-state index contributed by atoms with van der Waals surface area (Å²) < 4.78 is 0. The van der Waals surface area contributed by atoms with E-state index in [1.165, 1.54) is 0 Å². The summed E-state index contributed by atoms with van der Waals surface area (Å²) in [5.74, 6) is 1.94. The van der Waals surface area contributed by atoms with Crippen molar-refractivity contribution < 1.29 is 4.79 Å². The van der Waals surface area contributed by atoms with Gasteiger partial charge in [0, 0.05) is 45.5 Å². The van der Waals surface area contributed by atoms with Crippen LogP contribution in [0.1, 0.15) is 27.7 Å². The number of carbonyl (C=O) groups is 1. The first-order valence-electron chi connectivity index (χ1n) is 9.45. The molecular formula is C19H32N6O. The molecule has 0 aliphatic carbocycles. The molecule has 7 nitrogen and oxygen atoms in total. The highest BCUT2D eigenvalue weighted by Crippen LogP contribution is 2.17. The first-order chi connectivity index (χ1) is 12.5. The van der Waals surface area contributed by atoms with Crippen molar-refractivity contribution in [3.8, 4) is 0 Å². The largest absolute Gasteiger partial charge is 0.357 e. The van der Waals surface area contributed by atoms with Crippen LogP contribution >= 0.6 is 0 Å². The Morgan fingerprint density at radius 3 is 2.42 bits per heavy atom. The predicted octanol–water partition coefficient (Wildman–Crippen LogP) is 1.33. The Hall–Kier alpha value is -2.31. The molecule has 7 heteroatoms. The average Bonchev–Trinajstić information content (AvgIpc) is 2.66. The van der Waals surface area contributed by atoms with Gasteiger partial charge in [-0.05, 0) is 39.8 Å². The van der Waals surface area contributed by atoms with Gasteiger partial charge in [-0.15, -0.1) is 0 Å². The lowest BCUT2D eigenvalue weighted by Gasteiger charge is -2.37. The van der Waals surface area contributed by atoms with E-state index in [0.29, 0.717) is 13.1 Å². The van der Waals surface area contributed by atoms with E-state index in [1.54, 1.807) is 0 Å². The summed E-state index contributed by atoms with van der Waals surface area (Å²) in [4.78, 5) is 25.9. The van der Waals surface area contributed by atoms with Gasteiger partial charge < -0.3 is 20.4 Å². The molecule has 1 fully saturated rings. The van der Waals surface area contributed by atoms with Crippen LogP contribution in [-0.2, 0) is 4.79 Å². The fraction of sp³-hybridized carbons (Fsp3) is 0.632. The minimum absolute atomic E-state index is 0.0413. The van der Waals surface area contributed by atoms with Crippen molar-refractivity contribution in [3.63, 3.8) is 0 Å². The number of anilines is 1. The van der Waals surface area contributed by atoms with E-state index in [0.717, 1.165) is 44.5 Å². The Morgan fingerprint density at radius 2 is 1.85 bits per heavy atom. The Labute approximate surface area is 156 Å². The van der Waals surface area contributed by atoms with E-state index in [4.69, 9.17) is 4.99 Å². The van der Waals surface area contributed by atoms with Crippen molar-refractivity contribution in [2.24, 2.45) is 10.4 Å². The summed E-state index contributed by atoms with van der Waals surface area (Å²) in [5, 5.41) is 6.25. The van der Waals surface area contributed by atoms with Crippen molar-refractivity contribution >= 4 is 17.7 Å². The zero-order valence-electron chi connectivity index (χ0n) is 16.5. The Balaban J connectivity index is 1.98. The number of guanidine groups is 1. The number of aliphatic imine (C=N–C) groups is 1. The zero-order valence-corrected chi connectivity index (χ0v) is 16.5. The van der Waals surface area contributed by atoms with Crippen molar-refractivity contribution in [3.05, 3.63) is 24.4 Å². The molecule has 1 aliphatic heterocycles. The predicted molar refractivity (Wildman–Crippen MR) is 106 cm³/mol. The normalized spacial score (nSPS) is 15.8. The highest BCUT2D eigenvalue weighted by molar-refractivity contribution is 5.84. The lowest BCUT2D eigenvalue weighted by atomic mass is 9.92. The summed E-state index contributed by atoms with van der Waals surface area (Å²) in [6, 6.07) is 6.00. The SMILES string of the molecule is CCNC(=O)C(C)(C)CN=C(NCC)N1CCN(c2ccccn2)CC1. The average molecular weight is 361 g/mol. The summed E-state index contributed by atoms with van der Waals surface area (Å²) in [6.07, 6.45) is 1.83. The smallest absolute Gasteiger partial charge is 0.227 e. The van der Waals surface area contributed by atoms with E-state index in [2.05, 4.69) is 32.3 Å². The van der Waals surface area contributed by atoms with E-state index < -0.39 is 5.41 Å². The summed E-state index contributed by atoms with van der Waals surface area (Å²) >= 11 is 0. The van der Waals surface area contributed by atoms with Crippen LogP contribution in [0.5, 0.6) is 0 Å². The lowest BCUT2D eigenvalue weighted by molar-refractivity contribution is -0.128. The molecule has 0 aromatic carbocycles. The molecule has 0 radical (unpaired) electrons. The Morgan fingerprint density at radius 1 is 1.15 bits per heavy atom. The number of aromatic nitrogens is 1. The Bertz CT molecular complexity index is 593. The fourth-order valence-corrected chi connectivity index (χ4v) is 2.86. The molecule has 0 bridgehead atoms. The first kappa shape index (κ1) is 20.0. The molecule has 0 saturated carbocycles. The van der Waals surface area contributed by atoms with Gasteiger partial charge in [-0.2, -0.15) is 0 Å². The first-order valence-corrected chi connectivity index (χ1v) is 9.45. The molecule has 144 valence electrons. The quantitative estimate of drug-likeness (QED) is 0.591. The minimum atomic E-state index is -0.521. The van der Waals surface area contributed by atoms with Gasteiger partial charge in [0.15, 0.2) is 5.96 Å². The van der Waals surface area contributed by atoms with E-state index in [1.807, 2.05) is 45.2 Å². The number of pyridine rings is 1. The molecule has 2 rings (SSSR count). The van der Waals surface area contributed by atoms with E-state index in [9.17, 15) is 4.79 Å². The second-order valence-corrected chi connectivity index (χ2v) is 7.08. The van der Waals surface area contributed by atoms with Gasteiger partial charge >= 0.3 is 0 Å². The van der Waals surface area contributed by atoms with Crippen molar-refractivity contribution in [2.75, 3.05) is 50.7 Å². The third-order valence-electron chi connectivity index (χ3n) is 4.46. The minimum Gasteiger partial charge on any atom is -0.357 e. The molecule has 1 aliphatic rings. The van der Waals surface area contributed by atoms with Gasteiger partial charge in [-0.3, -0.25) is 9.79 Å². The topological polar surface area (TPSA) is 72.9 Å². The number of amides is 1. The monoisotopic (exact) mass is 360 g/mol. The maximum absolute atomic E-state index is 12.2. The fourth-order valence-electron chi connectivity index (χ4n) is 2.86. The molecule has 1 aromatic rings. The summed E-state index contributed by atoms with van der Waals surface area (Å²) in [7, 11) is 0. The third kappa shape index (κ3) is 5.34. The second kappa shape index (κ2) is 9.40. The maximum atomic E-state index is 12.2. The molecular weight excluding hydrogens is 328 g/mol. The molecule has 2 N–H and O–H groups in total.